The Hall–Kier alpha value is -2.62. The molecule has 0 radical (unpaired) electrons. The SMILES string of the molecule is O=C(NCCC1=CCCCC1)[C@@H](NS(=O)(=O)c1cccc2nsnc12)c1ccccc1. The number of benzene rings is 2. The van der Waals surface area contributed by atoms with Crippen LogP contribution >= 0.6 is 11.7 Å². The second kappa shape index (κ2) is 9.67. The second-order valence-corrected chi connectivity index (χ2v) is 9.71. The van der Waals surface area contributed by atoms with Gasteiger partial charge in [0.25, 0.3) is 0 Å². The Bertz CT molecular complexity index is 1190. The minimum Gasteiger partial charge on any atom is -0.354 e. The van der Waals surface area contributed by atoms with Crippen LogP contribution in [0.4, 0.5) is 0 Å². The van der Waals surface area contributed by atoms with E-state index in [-0.39, 0.29) is 10.8 Å². The molecule has 2 N–H and O–H groups in total. The zero-order valence-corrected chi connectivity index (χ0v) is 18.6. The van der Waals surface area contributed by atoms with E-state index in [2.05, 4.69) is 24.9 Å². The van der Waals surface area contributed by atoms with Crippen molar-refractivity contribution in [1.29, 1.82) is 0 Å². The number of nitrogens with one attached hydrogen (secondary N) is 2. The third-order valence-corrected chi connectivity index (χ3v) is 7.33. The van der Waals surface area contributed by atoms with E-state index in [9.17, 15) is 13.2 Å². The summed E-state index contributed by atoms with van der Waals surface area (Å²) in [5.41, 5.74) is 2.74. The second-order valence-electron chi connectivity index (χ2n) is 7.50. The van der Waals surface area contributed by atoms with Crippen LogP contribution in [0.25, 0.3) is 11.0 Å². The molecule has 1 atom stereocenters. The van der Waals surface area contributed by atoms with Gasteiger partial charge in [0.2, 0.25) is 15.9 Å². The molecule has 31 heavy (non-hydrogen) atoms. The fourth-order valence-electron chi connectivity index (χ4n) is 3.72. The molecule has 1 aliphatic rings. The van der Waals surface area contributed by atoms with Gasteiger partial charge in [-0.05, 0) is 49.8 Å². The van der Waals surface area contributed by atoms with Crippen molar-refractivity contribution in [2.45, 2.75) is 43.0 Å². The lowest BCUT2D eigenvalue weighted by molar-refractivity contribution is -0.122. The molecule has 3 aromatic rings. The van der Waals surface area contributed by atoms with Gasteiger partial charge < -0.3 is 5.32 Å². The van der Waals surface area contributed by atoms with Gasteiger partial charge in [-0.25, -0.2) is 8.42 Å². The van der Waals surface area contributed by atoms with E-state index in [1.165, 1.54) is 24.5 Å². The third-order valence-electron chi connectivity index (χ3n) is 5.34. The lowest BCUT2D eigenvalue weighted by Crippen LogP contribution is -2.40. The third kappa shape index (κ3) is 5.17. The molecular weight excluding hydrogens is 432 g/mol. The van der Waals surface area contributed by atoms with Gasteiger partial charge >= 0.3 is 0 Å². The monoisotopic (exact) mass is 456 g/mol. The number of carbonyl (C=O) groups is 1. The van der Waals surface area contributed by atoms with Gasteiger partial charge in [0, 0.05) is 6.54 Å². The number of amides is 1. The Balaban J connectivity index is 1.54. The van der Waals surface area contributed by atoms with Gasteiger partial charge in [-0.2, -0.15) is 13.5 Å². The number of sulfonamides is 1. The van der Waals surface area contributed by atoms with Crippen molar-refractivity contribution in [2.75, 3.05) is 6.54 Å². The lowest BCUT2D eigenvalue weighted by atomic mass is 9.97. The van der Waals surface area contributed by atoms with E-state index >= 15 is 0 Å². The van der Waals surface area contributed by atoms with Crippen LogP contribution in [0.5, 0.6) is 0 Å². The van der Waals surface area contributed by atoms with Crippen LogP contribution in [0.15, 0.2) is 65.1 Å². The minimum absolute atomic E-state index is 0.0137. The predicted molar refractivity (Wildman–Crippen MR) is 121 cm³/mol. The molecule has 162 valence electrons. The minimum atomic E-state index is -4.01. The normalized spacial score (nSPS) is 15.4. The van der Waals surface area contributed by atoms with Crippen LogP contribution in [0.1, 0.15) is 43.7 Å². The average Bonchev–Trinajstić information content (AvgIpc) is 3.27. The van der Waals surface area contributed by atoms with Gasteiger partial charge in [-0.1, -0.05) is 48.0 Å². The number of allylic oxidation sites excluding steroid dienone is 1. The topological polar surface area (TPSA) is 101 Å². The Morgan fingerprint density at radius 2 is 1.90 bits per heavy atom. The number of rotatable bonds is 8. The molecule has 0 fully saturated rings. The van der Waals surface area contributed by atoms with Crippen LogP contribution < -0.4 is 10.0 Å². The average molecular weight is 457 g/mol. The van der Waals surface area contributed by atoms with E-state index in [0.29, 0.717) is 23.1 Å². The molecule has 9 heteroatoms. The maximum Gasteiger partial charge on any atom is 0.243 e. The van der Waals surface area contributed by atoms with Crippen molar-refractivity contribution in [3.63, 3.8) is 0 Å². The van der Waals surface area contributed by atoms with Crippen molar-refractivity contribution in [3.05, 3.63) is 65.7 Å². The molecule has 0 saturated heterocycles. The van der Waals surface area contributed by atoms with Gasteiger partial charge in [-0.3, -0.25) is 4.79 Å². The summed E-state index contributed by atoms with van der Waals surface area (Å²) in [4.78, 5) is 13.0. The first-order valence-electron chi connectivity index (χ1n) is 10.3. The zero-order valence-electron chi connectivity index (χ0n) is 17.0. The number of aromatic nitrogens is 2. The maximum absolute atomic E-state index is 13.2. The molecule has 0 bridgehead atoms. The highest BCUT2D eigenvalue weighted by Crippen LogP contribution is 2.24. The number of carbonyl (C=O) groups excluding carboxylic acids is 1. The van der Waals surface area contributed by atoms with Crippen molar-refractivity contribution in [1.82, 2.24) is 18.8 Å². The fraction of sp³-hybridized carbons (Fsp3) is 0.318. The first kappa shape index (κ1) is 21.6. The molecule has 1 aromatic heterocycles. The van der Waals surface area contributed by atoms with Gasteiger partial charge in [0.1, 0.15) is 22.0 Å². The summed E-state index contributed by atoms with van der Waals surface area (Å²) in [6, 6.07) is 12.6. The number of hydrogen-bond acceptors (Lipinski definition) is 6. The Kier molecular flexibility index (Phi) is 6.74. The summed E-state index contributed by atoms with van der Waals surface area (Å²) >= 11 is 0.952. The Morgan fingerprint density at radius 1 is 1.06 bits per heavy atom. The first-order chi connectivity index (χ1) is 15.0. The molecule has 2 aromatic carbocycles. The first-order valence-corrected chi connectivity index (χ1v) is 12.5. The number of fused-ring (bicyclic) bond motifs is 1. The van der Waals surface area contributed by atoms with E-state index in [1.807, 2.05) is 6.07 Å². The molecule has 0 spiro atoms. The van der Waals surface area contributed by atoms with Crippen molar-refractivity contribution < 1.29 is 13.2 Å². The van der Waals surface area contributed by atoms with Gasteiger partial charge in [0.05, 0.1) is 11.7 Å². The van der Waals surface area contributed by atoms with E-state index in [1.54, 1.807) is 36.4 Å². The van der Waals surface area contributed by atoms with E-state index < -0.39 is 16.1 Å². The van der Waals surface area contributed by atoms with Crippen LogP contribution in [0.2, 0.25) is 0 Å². The van der Waals surface area contributed by atoms with Gasteiger partial charge in [-0.15, -0.1) is 0 Å². The number of nitrogens with zero attached hydrogens (tertiary/aromatic N) is 2. The smallest absolute Gasteiger partial charge is 0.243 e. The highest BCUT2D eigenvalue weighted by Gasteiger charge is 2.29. The number of hydrogen-bond donors (Lipinski definition) is 2. The summed E-state index contributed by atoms with van der Waals surface area (Å²) in [5, 5.41) is 2.90. The Morgan fingerprint density at radius 3 is 2.68 bits per heavy atom. The van der Waals surface area contributed by atoms with Crippen LogP contribution in [0, 0.1) is 0 Å². The lowest BCUT2D eigenvalue weighted by Gasteiger charge is -2.20. The molecule has 4 rings (SSSR count). The standard InChI is InChI=1S/C22H24N4O3S2/c27-22(23-15-14-16-8-3-1-4-9-16)20(17-10-5-2-6-11-17)26-31(28,29)19-13-7-12-18-21(19)25-30-24-18/h2,5-8,10-13,20,26H,1,3-4,9,14-15H2,(H,23,27)/t20-/m0/s1. The molecular formula is C22H24N4O3S2. The van der Waals surface area contributed by atoms with Gasteiger partial charge in [0.15, 0.2) is 0 Å². The highest BCUT2D eigenvalue weighted by molar-refractivity contribution is 7.89. The summed E-state index contributed by atoms with van der Waals surface area (Å²) in [6.07, 6.45) is 7.58. The van der Waals surface area contributed by atoms with Crippen molar-refractivity contribution in [3.8, 4) is 0 Å². The quantitative estimate of drug-likeness (QED) is 0.503. The molecule has 0 aliphatic heterocycles. The summed E-state index contributed by atoms with van der Waals surface area (Å²) in [7, 11) is -4.01. The molecule has 1 aliphatic carbocycles. The van der Waals surface area contributed by atoms with Crippen molar-refractivity contribution in [2.24, 2.45) is 0 Å². The largest absolute Gasteiger partial charge is 0.354 e. The molecule has 1 amide bonds. The molecule has 1 heterocycles. The summed E-state index contributed by atoms with van der Waals surface area (Å²) in [6.45, 7) is 0.474. The molecule has 7 nitrogen and oxygen atoms in total. The summed E-state index contributed by atoms with van der Waals surface area (Å²) in [5.74, 6) is -0.380. The van der Waals surface area contributed by atoms with E-state index in [0.717, 1.165) is 31.0 Å². The van der Waals surface area contributed by atoms with Crippen LogP contribution in [-0.2, 0) is 14.8 Å². The summed E-state index contributed by atoms with van der Waals surface area (Å²) < 4.78 is 37.2. The Labute approximate surface area is 186 Å². The van der Waals surface area contributed by atoms with E-state index in [4.69, 9.17) is 0 Å². The maximum atomic E-state index is 13.2. The molecule has 0 unspecified atom stereocenters. The van der Waals surface area contributed by atoms with Crippen LogP contribution in [-0.4, -0.2) is 29.6 Å². The fourth-order valence-corrected chi connectivity index (χ4v) is 5.67. The predicted octanol–water partition coefficient (Wildman–Crippen LogP) is 3.72. The van der Waals surface area contributed by atoms with Crippen LogP contribution in [0.3, 0.4) is 0 Å². The zero-order chi connectivity index (χ0) is 21.7. The van der Waals surface area contributed by atoms with Crippen molar-refractivity contribution >= 4 is 38.7 Å². The molecule has 0 saturated carbocycles. The highest BCUT2D eigenvalue weighted by atomic mass is 32.2.